The van der Waals surface area contributed by atoms with Gasteiger partial charge in [0.1, 0.15) is 23.9 Å². The van der Waals surface area contributed by atoms with Crippen LogP contribution in [0.5, 0.6) is 5.75 Å². The summed E-state index contributed by atoms with van der Waals surface area (Å²) in [5, 5.41) is 32.6. The van der Waals surface area contributed by atoms with Crippen molar-refractivity contribution in [2.45, 2.75) is 20.5 Å². The number of carbonyl (C=O) groups is 1. The van der Waals surface area contributed by atoms with Crippen molar-refractivity contribution in [2.24, 2.45) is 0 Å². The topological polar surface area (TPSA) is 126 Å². The average Bonchev–Trinajstić information content (AvgIpc) is 3.21. The van der Waals surface area contributed by atoms with Crippen LogP contribution < -0.4 is 5.32 Å². The Morgan fingerprint density at radius 2 is 1.83 bits per heavy atom. The van der Waals surface area contributed by atoms with E-state index >= 15 is 0 Å². The number of aliphatic hydroxyl groups excluding tert-OH is 1. The van der Waals surface area contributed by atoms with Crippen LogP contribution in [0.25, 0.3) is 11.3 Å². The Kier molecular flexibility index (Phi) is 7.82. The number of halogens is 2. The van der Waals surface area contributed by atoms with Gasteiger partial charge in [0, 0.05) is 17.7 Å². The molecule has 3 N–H and O–H groups in total. The summed E-state index contributed by atoms with van der Waals surface area (Å²) in [5.74, 6) is -0.441. The number of rotatable bonds is 5. The predicted octanol–water partition coefficient (Wildman–Crippen LogP) is 5.64. The number of carbonyl (C=O) groups excluding carboxylic acids is 1. The number of aromatic hydroxyl groups is 1. The van der Waals surface area contributed by atoms with Crippen molar-refractivity contribution in [3.05, 3.63) is 73.9 Å². The van der Waals surface area contributed by atoms with E-state index < -0.39 is 10.8 Å². The summed E-state index contributed by atoms with van der Waals surface area (Å²) in [7, 11) is 0. The molecule has 0 fully saturated rings. The monoisotopic (exact) mass is 452 g/mol. The van der Waals surface area contributed by atoms with Gasteiger partial charge in [0.05, 0.1) is 26.2 Å². The fourth-order valence-electron chi connectivity index (χ4n) is 2.45. The highest BCUT2D eigenvalue weighted by Gasteiger charge is 2.19. The van der Waals surface area contributed by atoms with E-state index in [4.69, 9.17) is 32.7 Å². The number of non-ortho nitro benzene ring substituents is 1. The van der Waals surface area contributed by atoms with Gasteiger partial charge >= 0.3 is 0 Å². The van der Waals surface area contributed by atoms with Crippen LogP contribution in [0.4, 0.5) is 11.4 Å². The Balaban J connectivity index is 0.00000155. The normalized spacial score (nSPS) is 10.2. The fourth-order valence-corrected chi connectivity index (χ4v) is 2.93. The Labute approximate surface area is 181 Å². The van der Waals surface area contributed by atoms with Crippen LogP contribution in [-0.2, 0) is 6.61 Å². The second kappa shape index (κ2) is 10.1. The highest BCUT2D eigenvalue weighted by molar-refractivity contribution is 6.35. The zero-order valence-electron chi connectivity index (χ0n) is 16.0. The quantitative estimate of drug-likeness (QED) is 0.339. The molecule has 10 heteroatoms. The second-order valence-electron chi connectivity index (χ2n) is 5.65. The highest BCUT2D eigenvalue weighted by atomic mass is 35.5. The minimum absolute atomic E-state index is 0.0307. The van der Waals surface area contributed by atoms with Crippen LogP contribution in [0, 0.1) is 10.1 Å². The van der Waals surface area contributed by atoms with Crippen molar-refractivity contribution in [2.75, 3.05) is 5.32 Å². The number of nitrogens with one attached hydrogen (secondary N) is 1. The molecule has 0 saturated heterocycles. The Morgan fingerprint density at radius 1 is 1.13 bits per heavy atom. The first-order chi connectivity index (χ1) is 14.3. The number of aliphatic hydroxyl groups is 1. The van der Waals surface area contributed by atoms with Gasteiger partial charge in [-0.25, -0.2) is 0 Å². The Morgan fingerprint density at radius 3 is 2.40 bits per heavy atom. The third kappa shape index (κ3) is 5.10. The molecule has 0 spiro atoms. The third-order valence-corrected chi connectivity index (χ3v) is 4.45. The molecule has 3 rings (SSSR count). The van der Waals surface area contributed by atoms with Crippen LogP contribution in [0.15, 0.2) is 46.9 Å². The number of hydrogen-bond donors (Lipinski definition) is 3. The molecule has 0 radical (unpaired) electrons. The summed E-state index contributed by atoms with van der Waals surface area (Å²) in [4.78, 5) is 22.6. The summed E-state index contributed by atoms with van der Waals surface area (Å²) >= 11 is 12.2. The number of phenols is 1. The number of nitrogens with zero attached hydrogens (tertiary/aromatic N) is 1. The maximum absolute atomic E-state index is 12.5. The molecule has 30 heavy (non-hydrogen) atoms. The van der Waals surface area contributed by atoms with E-state index in [0.717, 1.165) is 6.07 Å². The lowest BCUT2D eigenvalue weighted by Crippen LogP contribution is -2.12. The molecule has 2 aromatic carbocycles. The summed E-state index contributed by atoms with van der Waals surface area (Å²) < 4.78 is 5.38. The molecule has 0 aliphatic carbocycles. The maximum atomic E-state index is 12.5. The van der Waals surface area contributed by atoms with E-state index in [1.165, 1.54) is 24.3 Å². The lowest BCUT2D eigenvalue weighted by Gasteiger charge is -2.10. The molecule has 8 nitrogen and oxygen atoms in total. The van der Waals surface area contributed by atoms with Gasteiger partial charge in [-0.2, -0.15) is 0 Å². The van der Waals surface area contributed by atoms with Gasteiger partial charge in [-0.3, -0.25) is 14.9 Å². The van der Waals surface area contributed by atoms with Crippen molar-refractivity contribution in [3.63, 3.8) is 0 Å². The van der Waals surface area contributed by atoms with Crippen LogP contribution in [0.2, 0.25) is 10.0 Å². The van der Waals surface area contributed by atoms with Gasteiger partial charge in [0.15, 0.2) is 0 Å². The molecule has 3 aromatic rings. The van der Waals surface area contributed by atoms with Gasteiger partial charge in [0.2, 0.25) is 0 Å². The lowest BCUT2D eigenvalue weighted by molar-refractivity contribution is -0.384. The van der Waals surface area contributed by atoms with Crippen molar-refractivity contribution in [1.82, 2.24) is 0 Å². The van der Waals surface area contributed by atoms with Crippen LogP contribution >= 0.6 is 23.2 Å². The van der Waals surface area contributed by atoms with E-state index in [1.807, 2.05) is 13.8 Å². The first-order valence-electron chi connectivity index (χ1n) is 8.78. The molecule has 1 aromatic heterocycles. The number of nitro groups is 1. The second-order valence-corrected chi connectivity index (χ2v) is 6.46. The first-order valence-corrected chi connectivity index (χ1v) is 9.53. The summed E-state index contributed by atoms with van der Waals surface area (Å²) in [5.41, 5.74) is 0.121. The third-order valence-electron chi connectivity index (χ3n) is 3.82. The molecule has 0 aliphatic rings. The molecule has 158 valence electrons. The SMILES string of the molecule is CC.O=C(Nc1ccc([N+](=O)[O-])cc1Cl)c1cc(Cl)c(-c2ccc(CO)o2)cc1O. The minimum Gasteiger partial charge on any atom is -0.507 e. The molecule has 1 heterocycles. The summed E-state index contributed by atoms with van der Waals surface area (Å²) in [6, 6.07) is 9.21. The number of anilines is 1. The predicted molar refractivity (Wildman–Crippen MR) is 114 cm³/mol. The zero-order valence-corrected chi connectivity index (χ0v) is 17.5. The summed E-state index contributed by atoms with van der Waals surface area (Å²) in [6.45, 7) is 3.71. The number of benzene rings is 2. The van der Waals surface area contributed by atoms with E-state index in [0.29, 0.717) is 17.1 Å². The lowest BCUT2D eigenvalue weighted by atomic mass is 10.1. The molecule has 0 aliphatic heterocycles. The number of hydrogen-bond acceptors (Lipinski definition) is 6. The van der Waals surface area contributed by atoms with Crippen LogP contribution in [0.1, 0.15) is 30.0 Å². The molecule has 0 unspecified atom stereocenters. The van der Waals surface area contributed by atoms with Crippen LogP contribution in [0.3, 0.4) is 0 Å². The number of nitro benzene ring substituents is 1. The van der Waals surface area contributed by atoms with Crippen molar-refractivity contribution in [3.8, 4) is 17.1 Å². The molecular formula is C20H18Cl2N2O6. The van der Waals surface area contributed by atoms with E-state index in [9.17, 15) is 20.0 Å². The van der Waals surface area contributed by atoms with Gasteiger partial charge in [-0.1, -0.05) is 37.0 Å². The molecule has 0 bridgehead atoms. The van der Waals surface area contributed by atoms with Gasteiger partial charge in [-0.05, 0) is 30.3 Å². The largest absolute Gasteiger partial charge is 0.507 e. The van der Waals surface area contributed by atoms with Gasteiger partial charge in [0.25, 0.3) is 11.6 Å². The van der Waals surface area contributed by atoms with Gasteiger partial charge < -0.3 is 19.9 Å². The highest BCUT2D eigenvalue weighted by Crippen LogP contribution is 2.35. The zero-order chi connectivity index (χ0) is 22.4. The van der Waals surface area contributed by atoms with Crippen molar-refractivity contribution in [1.29, 1.82) is 0 Å². The number of phenolic OH excluding ortho intramolecular Hbond substituents is 1. The Bertz CT molecular complexity index is 1080. The van der Waals surface area contributed by atoms with E-state index in [1.54, 1.807) is 12.1 Å². The van der Waals surface area contributed by atoms with E-state index in [2.05, 4.69) is 5.32 Å². The molecule has 0 atom stereocenters. The number of amides is 1. The minimum atomic E-state index is -0.711. The molecule has 0 saturated carbocycles. The van der Waals surface area contributed by atoms with Crippen molar-refractivity contribution < 1.29 is 24.3 Å². The smallest absolute Gasteiger partial charge is 0.271 e. The fraction of sp³-hybridized carbons (Fsp3) is 0.150. The maximum Gasteiger partial charge on any atom is 0.271 e. The first kappa shape index (κ1) is 23.2. The van der Waals surface area contributed by atoms with Crippen molar-refractivity contribution >= 4 is 40.5 Å². The molecular weight excluding hydrogens is 435 g/mol. The summed E-state index contributed by atoms with van der Waals surface area (Å²) in [6.07, 6.45) is 0. The molecule has 1 amide bonds. The Hall–Kier alpha value is -3.07. The van der Waals surface area contributed by atoms with E-state index in [-0.39, 0.29) is 39.3 Å². The standard InChI is InChI=1S/C18H12Cl2N2O6.C2H6/c19-13-6-12(16(24)7-11(13)17-4-2-10(8-23)28-17)18(25)21-15-3-1-9(22(26)27)5-14(15)20;1-2/h1-7,23-24H,8H2,(H,21,25);1-2H3. The number of furan rings is 1. The average molecular weight is 453 g/mol. The van der Waals surface area contributed by atoms with Gasteiger partial charge in [-0.15, -0.1) is 0 Å². The van der Waals surface area contributed by atoms with Crippen LogP contribution in [-0.4, -0.2) is 21.0 Å².